The highest BCUT2D eigenvalue weighted by Crippen LogP contribution is 2.34. The number of nitrogen functional groups attached to an aromatic ring is 1. The van der Waals surface area contributed by atoms with Crippen LogP contribution in [0.4, 0.5) is 5.69 Å². The first-order valence-electron chi connectivity index (χ1n) is 6.98. The van der Waals surface area contributed by atoms with Gasteiger partial charge in [-0.3, -0.25) is 0 Å². The van der Waals surface area contributed by atoms with E-state index < -0.39 is 0 Å². The standard InChI is InChI=1S/C14H18BrN5/c1-9-2-5-11(6-3-9)20-14(17-18-19-20)10-4-7-12(15)13(16)8-10/h4,7-9,11H,2-3,5-6,16H2,1H3. The number of benzene rings is 1. The average molecular weight is 336 g/mol. The van der Waals surface area contributed by atoms with Crippen molar-refractivity contribution in [1.29, 1.82) is 0 Å². The number of aromatic nitrogens is 4. The fraction of sp³-hybridized carbons (Fsp3) is 0.500. The largest absolute Gasteiger partial charge is 0.398 e. The molecule has 1 saturated carbocycles. The van der Waals surface area contributed by atoms with Crippen LogP contribution in [-0.4, -0.2) is 20.2 Å². The fourth-order valence-corrected chi connectivity index (χ4v) is 3.05. The molecule has 5 nitrogen and oxygen atoms in total. The van der Waals surface area contributed by atoms with Crippen molar-refractivity contribution < 1.29 is 0 Å². The molecule has 106 valence electrons. The normalized spacial score (nSPS) is 22.9. The van der Waals surface area contributed by atoms with E-state index in [1.54, 1.807) is 0 Å². The third-order valence-corrected chi connectivity index (χ3v) is 4.80. The molecule has 0 amide bonds. The lowest BCUT2D eigenvalue weighted by Gasteiger charge is -2.26. The molecule has 1 aromatic carbocycles. The third kappa shape index (κ3) is 2.57. The van der Waals surface area contributed by atoms with Crippen molar-refractivity contribution in [3.05, 3.63) is 22.7 Å². The SMILES string of the molecule is CC1CCC(n2nnnc2-c2ccc(Br)c(N)c2)CC1. The average Bonchev–Trinajstić information content (AvgIpc) is 2.92. The summed E-state index contributed by atoms with van der Waals surface area (Å²) in [5.74, 6) is 1.62. The molecule has 20 heavy (non-hydrogen) atoms. The van der Waals surface area contributed by atoms with Gasteiger partial charge < -0.3 is 5.73 Å². The van der Waals surface area contributed by atoms with Crippen molar-refractivity contribution in [3.63, 3.8) is 0 Å². The van der Waals surface area contributed by atoms with E-state index in [1.165, 1.54) is 12.8 Å². The van der Waals surface area contributed by atoms with Crippen LogP contribution in [-0.2, 0) is 0 Å². The van der Waals surface area contributed by atoms with Crippen LogP contribution in [0, 0.1) is 5.92 Å². The molecule has 1 fully saturated rings. The summed E-state index contributed by atoms with van der Waals surface area (Å²) >= 11 is 3.41. The summed E-state index contributed by atoms with van der Waals surface area (Å²) in [7, 11) is 0. The summed E-state index contributed by atoms with van der Waals surface area (Å²) in [4.78, 5) is 0. The highest BCUT2D eigenvalue weighted by molar-refractivity contribution is 9.10. The number of nitrogens with zero attached hydrogens (tertiary/aromatic N) is 4. The number of hydrogen-bond acceptors (Lipinski definition) is 4. The van der Waals surface area contributed by atoms with Gasteiger partial charge in [-0.2, -0.15) is 0 Å². The molecule has 1 heterocycles. The van der Waals surface area contributed by atoms with E-state index in [0.717, 1.165) is 34.6 Å². The second-order valence-corrected chi connectivity index (χ2v) is 6.45. The van der Waals surface area contributed by atoms with Gasteiger partial charge in [0.1, 0.15) is 0 Å². The van der Waals surface area contributed by atoms with Gasteiger partial charge >= 0.3 is 0 Å². The maximum Gasteiger partial charge on any atom is 0.182 e. The summed E-state index contributed by atoms with van der Waals surface area (Å²) in [5.41, 5.74) is 7.62. The van der Waals surface area contributed by atoms with Crippen molar-refractivity contribution >= 4 is 21.6 Å². The molecule has 0 saturated heterocycles. The van der Waals surface area contributed by atoms with Gasteiger partial charge in [0.25, 0.3) is 0 Å². The molecule has 0 bridgehead atoms. The maximum absolute atomic E-state index is 5.95. The minimum atomic E-state index is 0.404. The zero-order chi connectivity index (χ0) is 14.1. The second-order valence-electron chi connectivity index (χ2n) is 5.60. The van der Waals surface area contributed by atoms with Gasteiger partial charge in [0.05, 0.1) is 6.04 Å². The summed E-state index contributed by atoms with van der Waals surface area (Å²) in [6.45, 7) is 2.31. The molecule has 0 aliphatic heterocycles. The summed E-state index contributed by atoms with van der Waals surface area (Å²) in [6, 6.07) is 6.25. The Balaban J connectivity index is 1.91. The number of halogens is 1. The van der Waals surface area contributed by atoms with Gasteiger partial charge in [0, 0.05) is 15.7 Å². The van der Waals surface area contributed by atoms with Crippen LogP contribution in [0.5, 0.6) is 0 Å². The number of anilines is 1. The van der Waals surface area contributed by atoms with Crippen LogP contribution in [0.25, 0.3) is 11.4 Å². The van der Waals surface area contributed by atoms with Crippen molar-refractivity contribution in [3.8, 4) is 11.4 Å². The Hall–Kier alpha value is -1.43. The van der Waals surface area contributed by atoms with Crippen LogP contribution < -0.4 is 5.73 Å². The quantitative estimate of drug-likeness (QED) is 0.853. The zero-order valence-electron chi connectivity index (χ0n) is 11.5. The molecule has 0 spiro atoms. The first kappa shape index (κ1) is 13.5. The van der Waals surface area contributed by atoms with Gasteiger partial charge in [-0.1, -0.05) is 6.92 Å². The molecule has 1 aromatic heterocycles. The molecule has 2 N–H and O–H groups in total. The molecule has 3 rings (SSSR count). The fourth-order valence-electron chi connectivity index (χ4n) is 2.80. The maximum atomic E-state index is 5.95. The number of nitrogens with two attached hydrogens (primary N) is 1. The molecule has 6 heteroatoms. The van der Waals surface area contributed by atoms with E-state index in [1.807, 2.05) is 22.9 Å². The highest BCUT2D eigenvalue weighted by Gasteiger charge is 2.23. The number of tetrazole rings is 1. The first-order chi connectivity index (χ1) is 9.65. The minimum Gasteiger partial charge on any atom is -0.398 e. The second kappa shape index (κ2) is 5.52. The molecule has 2 aromatic rings. The molecule has 0 atom stereocenters. The molecule has 0 unspecified atom stereocenters. The van der Waals surface area contributed by atoms with E-state index in [2.05, 4.69) is 38.4 Å². The Morgan fingerprint density at radius 2 is 2.00 bits per heavy atom. The third-order valence-electron chi connectivity index (χ3n) is 4.08. The number of rotatable bonds is 2. The predicted molar refractivity (Wildman–Crippen MR) is 82.0 cm³/mol. The molecule has 0 radical (unpaired) electrons. The van der Waals surface area contributed by atoms with Crippen LogP contribution >= 0.6 is 15.9 Å². The van der Waals surface area contributed by atoms with Crippen molar-refractivity contribution in [2.75, 3.05) is 5.73 Å². The van der Waals surface area contributed by atoms with E-state index in [9.17, 15) is 0 Å². The number of hydrogen-bond donors (Lipinski definition) is 1. The molecule has 1 aliphatic carbocycles. The van der Waals surface area contributed by atoms with Gasteiger partial charge in [-0.05, 0) is 76.2 Å². The van der Waals surface area contributed by atoms with Gasteiger partial charge in [-0.15, -0.1) is 5.10 Å². The van der Waals surface area contributed by atoms with E-state index in [4.69, 9.17) is 5.73 Å². The summed E-state index contributed by atoms with van der Waals surface area (Å²) in [6.07, 6.45) is 4.77. The highest BCUT2D eigenvalue weighted by atomic mass is 79.9. The van der Waals surface area contributed by atoms with E-state index in [-0.39, 0.29) is 0 Å². The summed E-state index contributed by atoms with van der Waals surface area (Å²) in [5, 5.41) is 12.2. The van der Waals surface area contributed by atoms with Gasteiger partial charge in [0.15, 0.2) is 5.82 Å². The smallest absolute Gasteiger partial charge is 0.182 e. The van der Waals surface area contributed by atoms with Crippen LogP contribution in [0.1, 0.15) is 38.6 Å². The molecular formula is C14H18BrN5. The Bertz CT molecular complexity index is 601. The molecular weight excluding hydrogens is 318 g/mol. The van der Waals surface area contributed by atoms with Gasteiger partial charge in [0.2, 0.25) is 0 Å². The van der Waals surface area contributed by atoms with Crippen molar-refractivity contribution in [2.45, 2.75) is 38.6 Å². The lowest BCUT2D eigenvalue weighted by molar-refractivity contribution is 0.272. The van der Waals surface area contributed by atoms with Gasteiger partial charge in [-0.25, -0.2) is 4.68 Å². The zero-order valence-corrected chi connectivity index (χ0v) is 13.0. The monoisotopic (exact) mass is 335 g/mol. The van der Waals surface area contributed by atoms with E-state index in [0.29, 0.717) is 11.7 Å². The Labute approximate surface area is 126 Å². The summed E-state index contributed by atoms with van der Waals surface area (Å²) < 4.78 is 2.86. The topological polar surface area (TPSA) is 69.6 Å². The Kier molecular flexibility index (Phi) is 3.74. The van der Waals surface area contributed by atoms with Crippen LogP contribution in [0.15, 0.2) is 22.7 Å². The van der Waals surface area contributed by atoms with Crippen LogP contribution in [0.2, 0.25) is 0 Å². The lowest BCUT2D eigenvalue weighted by Crippen LogP contribution is -2.18. The first-order valence-corrected chi connectivity index (χ1v) is 7.77. The van der Waals surface area contributed by atoms with Crippen molar-refractivity contribution in [2.24, 2.45) is 5.92 Å². The predicted octanol–water partition coefficient (Wildman–Crippen LogP) is 3.44. The Morgan fingerprint density at radius 3 is 2.70 bits per heavy atom. The molecule has 1 aliphatic rings. The van der Waals surface area contributed by atoms with E-state index >= 15 is 0 Å². The minimum absolute atomic E-state index is 0.404. The van der Waals surface area contributed by atoms with Crippen molar-refractivity contribution in [1.82, 2.24) is 20.2 Å². The Morgan fingerprint density at radius 1 is 1.25 bits per heavy atom. The lowest BCUT2D eigenvalue weighted by atomic mass is 9.87. The van der Waals surface area contributed by atoms with Crippen LogP contribution in [0.3, 0.4) is 0 Å².